The maximum Gasteiger partial charge on any atom is 0.312 e. The molecule has 0 aromatic carbocycles. The molecule has 170 valence electrons. The van der Waals surface area contributed by atoms with E-state index >= 15 is 0 Å². The van der Waals surface area contributed by atoms with Gasteiger partial charge in [0.15, 0.2) is 0 Å². The van der Waals surface area contributed by atoms with Gasteiger partial charge in [0.1, 0.15) is 17.6 Å². The van der Waals surface area contributed by atoms with E-state index in [1.165, 1.54) is 4.90 Å². The number of amides is 2. The van der Waals surface area contributed by atoms with E-state index in [-0.39, 0.29) is 31.6 Å². The highest BCUT2D eigenvalue weighted by atomic mass is 16.6. The summed E-state index contributed by atoms with van der Waals surface area (Å²) in [6.45, 7) is 3.61. The van der Waals surface area contributed by atoms with Crippen LogP contribution in [-0.2, 0) is 23.9 Å². The molecule has 4 aliphatic heterocycles. The molecule has 8 nitrogen and oxygen atoms in total. The largest absolute Gasteiger partial charge is 0.465 e. The van der Waals surface area contributed by atoms with Crippen LogP contribution in [0.25, 0.3) is 0 Å². The fraction of sp³-hybridized carbons (Fsp3) is 0.696. The first-order chi connectivity index (χ1) is 15.0. The predicted molar refractivity (Wildman–Crippen MR) is 112 cm³/mol. The summed E-state index contributed by atoms with van der Waals surface area (Å²) in [5.74, 6) is -2.47. The summed E-state index contributed by atoms with van der Waals surface area (Å²) in [7, 11) is 0. The Hall–Kier alpha value is -2.19. The van der Waals surface area contributed by atoms with Gasteiger partial charge in [-0.15, -0.1) is 0 Å². The number of cyclic esters (lactones) is 1. The monoisotopic (exact) mass is 432 g/mol. The Morgan fingerprint density at radius 3 is 2.74 bits per heavy atom. The number of ether oxygens (including phenoxy) is 2. The average molecular weight is 433 g/mol. The Labute approximate surface area is 182 Å². The average Bonchev–Trinajstić information content (AvgIpc) is 3.12. The van der Waals surface area contributed by atoms with E-state index in [0.717, 1.165) is 19.3 Å². The summed E-state index contributed by atoms with van der Waals surface area (Å²) in [4.78, 5) is 43.5. The van der Waals surface area contributed by atoms with E-state index in [2.05, 4.69) is 6.92 Å². The van der Waals surface area contributed by atoms with Crippen LogP contribution in [0.5, 0.6) is 0 Å². The van der Waals surface area contributed by atoms with Crippen LogP contribution in [-0.4, -0.2) is 83.3 Å². The van der Waals surface area contributed by atoms with Gasteiger partial charge in [0, 0.05) is 26.2 Å². The van der Waals surface area contributed by atoms with Crippen LogP contribution in [0.15, 0.2) is 24.3 Å². The molecule has 1 unspecified atom stereocenters. The van der Waals surface area contributed by atoms with Gasteiger partial charge in [-0.05, 0) is 19.3 Å². The highest BCUT2D eigenvalue weighted by molar-refractivity contribution is 5.99. The quantitative estimate of drug-likeness (QED) is 0.367. The molecule has 5 atom stereocenters. The van der Waals surface area contributed by atoms with Crippen molar-refractivity contribution in [2.45, 2.75) is 56.8 Å². The summed E-state index contributed by atoms with van der Waals surface area (Å²) in [5, 5.41) is 9.36. The van der Waals surface area contributed by atoms with Gasteiger partial charge < -0.3 is 24.4 Å². The number of aliphatic hydroxyl groups excluding tert-OH is 1. The third kappa shape index (κ3) is 3.69. The number of aliphatic hydroxyl groups is 1. The van der Waals surface area contributed by atoms with Gasteiger partial charge in [0.05, 0.1) is 18.6 Å². The summed E-state index contributed by atoms with van der Waals surface area (Å²) < 4.78 is 11.8. The third-order valence-corrected chi connectivity index (χ3v) is 6.79. The number of carbonyl (C=O) groups is 3. The molecule has 0 bridgehead atoms. The van der Waals surface area contributed by atoms with Crippen molar-refractivity contribution < 1.29 is 29.0 Å². The zero-order chi connectivity index (χ0) is 22.0. The first-order valence-electron chi connectivity index (χ1n) is 11.4. The third-order valence-electron chi connectivity index (χ3n) is 6.79. The highest BCUT2D eigenvalue weighted by Gasteiger charge is 2.71. The molecular formula is C23H32N2O6. The molecule has 4 heterocycles. The summed E-state index contributed by atoms with van der Waals surface area (Å²) >= 11 is 0. The second-order valence-electron chi connectivity index (χ2n) is 8.73. The Morgan fingerprint density at radius 2 is 1.97 bits per heavy atom. The van der Waals surface area contributed by atoms with Crippen molar-refractivity contribution in [3.63, 3.8) is 0 Å². The smallest absolute Gasteiger partial charge is 0.312 e. The van der Waals surface area contributed by atoms with Crippen LogP contribution in [0.4, 0.5) is 0 Å². The highest BCUT2D eigenvalue weighted by Crippen LogP contribution is 2.53. The van der Waals surface area contributed by atoms with Crippen LogP contribution in [0.2, 0.25) is 0 Å². The van der Waals surface area contributed by atoms with E-state index in [1.807, 2.05) is 24.3 Å². The molecule has 1 N–H and O–H groups in total. The fourth-order valence-electron chi connectivity index (χ4n) is 5.39. The van der Waals surface area contributed by atoms with Gasteiger partial charge >= 0.3 is 5.97 Å². The lowest BCUT2D eigenvalue weighted by Crippen LogP contribution is -2.55. The van der Waals surface area contributed by atoms with Crippen LogP contribution in [0.3, 0.4) is 0 Å². The van der Waals surface area contributed by atoms with E-state index in [9.17, 15) is 19.5 Å². The number of hydrogen-bond donors (Lipinski definition) is 1. The molecule has 31 heavy (non-hydrogen) atoms. The summed E-state index contributed by atoms with van der Waals surface area (Å²) in [6.07, 6.45) is 10.8. The second kappa shape index (κ2) is 9.12. The number of unbranched alkanes of at least 4 members (excludes halogenated alkanes) is 2. The lowest BCUT2D eigenvalue weighted by Gasteiger charge is -2.35. The van der Waals surface area contributed by atoms with Crippen molar-refractivity contribution in [3.8, 4) is 0 Å². The van der Waals surface area contributed by atoms with Crippen molar-refractivity contribution in [1.29, 1.82) is 0 Å². The standard InChI is InChI=1S/C23H32N2O6/c1-2-3-5-11-24-12-7-10-23-18(17-16(31-23)9-4-6-15-30-22(17)29)20(27)25(13-8-14-26)19(23)21(24)28/h4,7,9-10,16-19,26H,2-3,5-6,8,11-15H2,1H3/t16-,17+,18+,19?,23+/m1/s1. The number of carbonyl (C=O) groups excluding carboxylic acids is 3. The van der Waals surface area contributed by atoms with Crippen molar-refractivity contribution >= 4 is 17.8 Å². The normalized spacial score (nSPS) is 34.7. The molecule has 0 aliphatic carbocycles. The van der Waals surface area contributed by atoms with Gasteiger partial charge in [-0.2, -0.15) is 0 Å². The van der Waals surface area contributed by atoms with Crippen molar-refractivity contribution in [2.24, 2.45) is 11.8 Å². The number of likely N-dealkylation sites (tertiary alicyclic amines) is 1. The topological polar surface area (TPSA) is 96.4 Å². The molecule has 4 aliphatic rings. The number of esters is 1. The van der Waals surface area contributed by atoms with Gasteiger partial charge in [0.25, 0.3) is 0 Å². The summed E-state index contributed by atoms with van der Waals surface area (Å²) in [5.41, 5.74) is -1.20. The predicted octanol–water partition coefficient (Wildman–Crippen LogP) is 1.04. The van der Waals surface area contributed by atoms with E-state index in [4.69, 9.17) is 9.47 Å². The molecule has 0 saturated carbocycles. The molecule has 0 aromatic heterocycles. The zero-order valence-corrected chi connectivity index (χ0v) is 18.1. The minimum atomic E-state index is -1.20. The first kappa shape index (κ1) is 22.0. The minimum Gasteiger partial charge on any atom is -0.465 e. The van der Waals surface area contributed by atoms with Crippen LogP contribution in [0, 0.1) is 11.8 Å². The lowest BCUT2D eigenvalue weighted by atomic mass is 9.77. The number of rotatable bonds is 7. The first-order valence-corrected chi connectivity index (χ1v) is 11.4. The Kier molecular flexibility index (Phi) is 6.48. The second-order valence-corrected chi connectivity index (χ2v) is 8.73. The molecule has 2 saturated heterocycles. The molecule has 8 heteroatoms. The Morgan fingerprint density at radius 1 is 1.13 bits per heavy atom. The van der Waals surface area contributed by atoms with Gasteiger partial charge in [-0.25, -0.2) is 0 Å². The Balaban J connectivity index is 1.73. The molecule has 1 spiro atoms. The molecule has 4 rings (SSSR count). The molecule has 0 aromatic rings. The molecule has 2 fully saturated rings. The fourth-order valence-corrected chi connectivity index (χ4v) is 5.39. The minimum absolute atomic E-state index is 0.0872. The van der Waals surface area contributed by atoms with E-state index in [1.54, 1.807) is 4.90 Å². The van der Waals surface area contributed by atoms with Crippen molar-refractivity contribution in [3.05, 3.63) is 24.3 Å². The summed E-state index contributed by atoms with van der Waals surface area (Å²) in [6, 6.07) is -0.841. The van der Waals surface area contributed by atoms with Crippen LogP contribution in [0.1, 0.15) is 39.0 Å². The maximum absolute atomic E-state index is 13.7. The van der Waals surface area contributed by atoms with E-state index in [0.29, 0.717) is 25.9 Å². The van der Waals surface area contributed by atoms with Gasteiger partial charge in [-0.1, -0.05) is 44.1 Å². The van der Waals surface area contributed by atoms with Crippen LogP contribution >= 0.6 is 0 Å². The molecular weight excluding hydrogens is 400 g/mol. The van der Waals surface area contributed by atoms with Crippen molar-refractivity contribution in [2.75, 3.05) is 32.8 Å². The number of fused-ring (bicyclic) bond motifs is 2. The van der Waals surface area contributed by atoms with Crippen molar-refractivity contribution in [1.82, 2.24) is 9.80 Å². The Bertz CT molecular complexity index is 780. The number of nitrogens with zero attached hydrogens (tertiary/aromatic N) is 2. The zero-order valence-electron chi connectivity index (χ0n) is 18.1. The number of hydrogen-bond acceptors (Lipinski definition) is 6. The molecule has 2 amide bonds. The van der Waals surface area contributed by atoms with Gasteiger partial charge in [0.2, 0.25) is 11.8 Å². The van der Waals surface area contributed by atoms with Crippen LogP contribution < -0.4 is 0 Å². The molecule has 0 radical (unpaired) electrons. The maximum atomic E-state index is 13.7. The lowest BCUT2D eigenvalue weighted by molar-refractivity contribution is -0.155. The SMILES string of the molecule is CCCCCN1CC=C[C@]23O[C@@H]4C=CCCOC(=O)[C@@H]4[C@H]2C(=O)N(CCCO)C3C1=O. The van der Waals surface area contributed by atoms with Gasteiger partial charge in [-0.3, -0.25) is 14.4 Å². The van der Waals surface area contributed by atoms with E-state index < -0.39 is 35.6 Å².